The highest BCUT2D eigenvalue weighted by Gasteiger charge is 2.18. The third kappa shape index (κ3) is 2.48. The van der Waals surface area contributed by atoms with Crippen molar-refractivity contribution >= 4 is 28.4 Å². The summed E-state index contributed by atoms with van der Waals surface area (Å²) in [5.74, 6) is 0.954. The molecule has 1 heterocycles. The predicted molar refractivity (Wildman–Crippen MR) is 80.6 cm³/mol. The molecule has 0 amide bonds. The van der Waals surface area contributed by atoms with E-state index in [-0.39, 0.29) is 0 Å². The van der Waals surface area contributed by atoms with Crippen molar-refractivity contribution in [2.75, 3.05) is 5.32 Å². The Bertz CT molecular complexity index is 556. The number of nitrogens with one attached hydrogen (secondary N) is 1. The standard InChI is InChI=1S/C14H14IN3/c15-13-8-16-9-17-14(13)18-12-6-5-10-3-1-2-4-11(10)7-12/h1-4,8-9,12H,5-7H2,(H,16,17,18). The Kier molecular flexibility index (Phi) is 3.45. The van der Waals surface area contributed by atoms with Crippen LogP contribution in [-0.2, 0) is 12.8 Å². The Morgan fingerprint density at radius 3 is 2.89 bits per heavy atom. The fraction of sp³-hybridized carbons (Fsp3) is 0.286. The lowest BCUT2D eigenvalue weighted by Gasteiger charge is -2.26. The van der Waals surface area contributed by atoms with E-state index in [4.69, 9.17) is 0 Å². The third-order valence-electron chi connectivity index (χ3n) is 3.36. The maximum absolute atomic E-state index is 4.30. The van der Waals surface area contributed by atoms with Gasteiger partial charge in [0.2, 0.25) is 0 Å². The summed E-state index contributed by atoms with van der Waals surface area (Å²) >= 11 is 2.27. The molecular weight excluding hydrogens is 337 g/mol. The van der Waals surface area contributed by atoms with E-state index in [0.717, 1.165) is 28.7 Å². The SMILES string of the molecule is Ic1cncnc1NC1CCc2ccccc2C1. The summed E-state index contributed by atoms with van der Waals surface area (Å²) in [7, 11) is 0. The van der Waals surface area contributed by atoms with E-state index in [1.807, 2.05) is 6.20 Å². The van der Waals surface area contributed by atoms with Crippen molar-refractivity contribution in [3.05, 3.63) is 51.5 Å². The van der Waals surface area contributed by atoms with Crippen LogP contribution in [0.15, 0.2) is 36.8 Å². The molecule has 0 aliphatic heterocycles. The monoisotopic (exact) mass is 351 g/mol. The number of rotatable bonds is 2. The first kappa shape index (κ1) is 11.9. The van der Waals surface area contributed by atoms with Gasteiger partial charge < -0.3 is 5.32 Å². The number of hydrogen-bond donors (Lipinski definition) is 1. The molecule has 0 fully saturated rings. The summed E-state index contributed by atoms with van der Waals surface area (Å²) in [5.41, 5.74) is 2.96. The topological polar surface area (TPSA) is 37.8 Å². The molecular formula is C14H14IN3. The maximum Gasteiger partial charge on any atom is 0.143 e. The summed E-state index contributed by atoms with van der Waals surface area (Å²) in [6, 6.07) is 9.19. The van der Waals surface area contributed by atoms with Crippen LogP contribution in [0.5, 0.6) is 0 Å². The van der Waals surface area contributed by atoms with Gasteiger partial charge in [0.1, 0.15) is 12.1 Å². The zero-order chi connectivity index (χ0) is 12.4. The molecule has 0 saturated heterocycles. The van der Waals surface area contributed by atoms with Gasteiger partial charge in [-0.05, 0) is 53.0 Å². The smallest absolute Gasteiger partial charge is 0.143 e. The van der Waals surface area contributed by atoms with E-state index in [2.05, 4.69) is 62.1 Å². The number of fused-ring (bicyclic) bond motifs is 1. The van der Waals surface area contributed by atoms with Crippen LogP contribution < -0.4 is 5.32 Å². The summed E-state index contributed by atoms with van der Waals surface area (Å²) in [5, 5.41) is 3.53. The number of aromatic nitrogens is 2. The van der Waals surface area contributed by atoms with E-state index in [0.29, 0.717) is 6.04 Å². The van der Waals surface area contributed by atoms with Crippen LogP contribution in [0.2, 0.25) is 0 Å². The van der Waals surface area contributed by atoms with Crippen LogP contribution in [0.4, 0.5) is 5.82 Å². The minimum atomic E-state index is 0.475. The van der Waals surface area contributed by atoms with Crippen LogP contribution in [-0.4, -0.2) is 16.0 Å². The molecule has 3 nitrogen and oxygen atoms in total. The second kappa shape index (κ2) is 5.22. The maximum atomic E-state index is 4.30. The van der Waals surface area contributed by atoms with Gasteiger partial charge in [-0.3, -0.25) is 0 Å². The minimum absolute atomic E-state index is 0.475. The minimum Gasteiger partial charge on any atom is -0.366 e. The molecule has 1 aromatic heterocycles. The van der Waals surface area contributed by atoms with Crippen LogP contribution in [0.3, 0.4) is 0 Å². The zero-order valence-electron chi connectivity index (χ0n) is 9.94. The van der Waals surface area contributed by atoms with Crippen molar-refractivity contribution in [1.29, 1.82) is 0 Å². The first-order chi connectivity index (χ1) is 8.83. The fourth-order valence-corrected chi connectivity index (χ4v) is 2.89. The molecule has 0 radical (unpaired) electrons. The van der Waals surface area contributed by atoms with Crippen LogP contribution >= 0.6 is 22.6 Å². The highest BCUT2D eigenvalue weighted by Crippen LogP contribution is 2.24. The van der Waals surface area contributed by atoms with Gasteiger partial charge in [0.05, 0.1) is 3.57 Å². The molecule has 2 aromatic rings. The molecule has 0 bridgehead atoms. The van der Waals surface area contributed by atoms with Gasteiger partial charge in [-0.25, -0.2) is 9.97 Å². The molecule has 18 heavy (non-hydrogen) atoms. The predicted octanol–water partition coefficient (Wildman–Crippen LogP) is 3.05. The average molecular weight is 351 g/mol. The normalized spacial score (nSPS) is 18.2. The highest BCUT2D eigenvalue weighted by atomic mass is 127. The van der Waals surface area contributed by atoms with Gasteiger partial charge in [0, 0.05) is 12.2 Å². The second-order valence-corrected chi connectivity index (χ2v) is 5.73. The van der Waals surface area contributed by atoms with Crippen molar-refractivity contribution in [2.45, 2.75) is 25.3 Å². The van der Waals surface area contributed by atoms with Crippen molar-refractivity contribution in [3.8, 4) is 0 Å². The molecule has 1 aliphatic rings. The Balaban J connectivity index is 1.75. The summed E-state index contributed by atoms with van der Waals surface area (Å²) in [4.78, 5) is 8.31. The molecule has 0 saturated carbocycles. The first-order valence-corrected chi connectivity index (χ1v) is 7.19. The number of aryl methyl sites for hydroxylation is 1. The van der Waals surface area contributed by atoms with Gasteiger partial charge in [-0.1, -0.05) is 24.3 Å². The lowest BCUT2D eigenvalue weighted by Crippen LogP contribution is -2.28. The van der Waals surface area contributed by atoms with E-state index < -0.39 is 0 Å². The van der Waals surface area contributed by atoms with E-state index >= 15 is 0 Å². The summed E-state index contributed by atoms with van der Waals surface area (Å²) < 4.78 is 1.08. The van der Waals surface area contributed by atoms with Crippen LogP contribution in [0.25, 0.3) is 0 Å². The largest absolute Gasteiger partial charge is 0.366 e. The highest BCUT2D eigenvalue weighted by molar-refractivity contribution is 14.1. The first-order valence-electron chi connectivity index (χ1n) is 6.12. The van der Waals surface area contributed by atoms with Crippen LogP contribution in [0.1, 0.15) is 17.5 Å². The summed E-state index contributed by atoms with van der Waals surface area (Å²) in [6.07, 6.45) is 6.83. The lowest BCUT2D eigenvalue weighted by atomic mass is 9.88. The number of hydrogen-bond acceptors (Lipinski definition) is 3. The Hall–Kier alpha value is -1.17. The number of halogens is 1. The van der Waals surface area contributed by atoms with E-state index in [1.165, 1.54) is 11.1 Å². The molecule has 92 valence electrons. The molecule has 1 aromatic carbocycles. The molecule has 0 spiro atoms. The lowest BCUT2D eigenvalue weighted by molar-refractivity contribution is 0.608. The van der Waals surface area contributed by atoms with E-state index in [9.17, 15) is 0 Å². The van der Waals surface area contributed by atoms with Gasteiger partial charge in [0.15, 0.2) is 0 Å². The van der Waals surface area contributed by atoms with Crippen LogP contribution in [0, 0.1) is 3.57 Å². The molecule has 1 unspecified atom stereocenters. The van der Waals surface area contributed by atoms with Crippen molar-refractivity contribution in [2.24, 2.45) is 0 Å². The molecule has 3 rings (SSSR count). The third-order valence-corrected chi connectivity index (χ3v) is 4.14. The Morgan fingerprint density at radius 1 is 1.22 bits per heavy atom. The summed E-state index contributed by atoms with van der Waals surface area (Å²) in [6.45, 7) is 0. The van der Waals surface area contributed by atoms with Crippen molar-refractivity contribution in [1.82, 2.24) is 9.97 Å². The molecule has 1 atom stereocenters. The molecule has 1 N–H and O–H groups in total. The van der Waals surface area contributed by atoms with E-state index in [1.54, 1.807) is 6.33 Å². The second-order valence-electron chi connectivity index (χ2n) is 4.57. The van der Waals surface area contributed by atoms with Gasteiger partial charge >= 0.3 is 0 Å². The molecule has 1 aliphatic carbocycles. The van der Waals surface area contributed by atoms with Crippen molar-refractivity contribution in [3.63, 3.8) is 0 Å². The Morgan fingerprint density at radius 2 is 2.06 bits per heavy atom. The number of anilines is 1. The van der Waals surface area contributed by atoms with Gasteiger partial charge in [-0.15, -0.1) is 0 Å². The average Bonchev–Trinajstić information content (AvgIpc) is 2.41. The fourth-order valence-electron chi connectivity index (χ4n) is 2.43. The molecule has 4 heteroatoms. The van der Waals surface area contributed by atoms with Gasteiger partial charge in [0.25, 0.3) is 0 Å². The zero-order valence-corrected chi connectivity index (χ0v) is 12.1. The Labute approximate surface area is 120 Å². The quantitative estimate of drug-likeness (QED) is 0.846. The van der Waals surface area contributed by atoms with Gasteiger partial charge in [-0.2, -0.15) is 0 Å². The van der Waals surface area contributed by atoms with Crippen molar-refractivity contribution < 1.29 is 0 Å². The number of benzene rings is 1. The number of nitrogens with zero attached hydrogens (tertiary/aromatic N) is 2.